The number of aliphatic hydroxyl groups excluding tert-OH is 1. The second-order valence-electron chi connectivity index (χ2n) is 9.43. The summed E-state index contributed by atoms with van der Waals surface area (Å²) < 4.78 is 5.01. The number of aromatic nitrogens is 1. The van der Waals surface area contributed by atoms with E-state index in [1.165, 1.54) is 18.2 Å². The van der Waals surface area contributed by atoms with Crippen LogP contribution in [-0.4, -0.2) is 53.7 Å². The Balaban J connectivity index is 1.48. The largest absolute Gasteiger partial charge is 0.468 e. The Bertz CT molecular complexity index is 934. The van der Waals surface area contributed by atoms with E-state index in [0.717, 1.165) is 56.6 Å². The standard InChI is InChI=1S/C26H35N3O3/c1-17-6-3-4-8-20(17)21-11-13-29(16-22(21)24(27)26(31)32-2)15-18-9-10-19-7-5-12-28-25(19)23(30)14-18/h3-8,12,18,21-24,30H,9-11,13-16,27H2,1-2H3/t18-,21?,22?,23+,24?/m1/s1. The third kappa shape index (κ3) is 4.87. The molecule has 6 nitrogen and oxygen atoms in total. The van der Waals surface area contributed by atoms with Crippen molar-refractivity contribution in [2.75, 3.05) is 26.7 Å². The van der Waals surface area contributed by atoms with Crippen LogP contribution in [0.3, 0.4) is 0 Å². The molecule has 4 rings (SSSR count). The van der Waals surface area contributed by atoms with Gasteiger partial charge in [-0.05, 0) is 73.7 Å². The van der Waals surface area contributed by atoms with Crippen LogP contribution < -0.4 is 5.73 Å². The minimum atomic E-state index is -0.652. The molecule has 6 heteroatoms. The number of pyridine rings is 1. The summed E-state index contributed by atoms with van der Waals surface area (Å²) in [6.07, 6.45) is 4.89. The molecule has 32 heavy (non-hydrogen) atoms. The molecule has 1 aromatic carbocycles. The molecule has 1 aliphatic heterocycles. The van der Waals surface area contributed by atoms with Crippen molar-refractivity contribution in [3.63, 3.8) is 0 Å². The maximum absolute atomic E-state index is 12.4. The van der Waals surface area contributed by atoms with Gasteiger partial charge in [-0.3, -0.25) is 9.78 Å². The number of likely N-dealkylation sites (tertiary alicyclic amines) is 1. The van der Waals surface area contributed by atoms with Crippen LogP contribution in [0.15, 0.2) is 42.6 Å². The fourth-order valence-electron chi connectivity index (χ4n) is 5.68. The summed E-state index contributed by atoms with van der Waals surface area (Å²) in [6, 6.07) is 11.8. The number of esters is 1. The summed E-state index contributed by atoms with van der Waals surface area (Å²) in [7, 11) is 1.41. The molecule has 0 spiro atoms. The van der Waals surface area contributed by atoms with Crippen molar-refractivity contribution in [2.24, 2.45) is 17.6 Å². The summed E-state index contributed by atoms with van der Waals surface area (Å²) in [5.41, 5.74) is 10.9. The van der Waals surface area contributed by atoms with Gasteiger partial charge in [0, 0.05) is 25.2 Å². The van der Waals surface area contributed by atoms with Gasteiger partial charge >= 0.3 is 5.97 Å². The molecular weight excluding hydrogens is 402 g/mol. The van der Waals surface area contributed by atoms with Gasteiger partial charge in [-0.25, -0.2) is 0 Å². The molecule has 1 saturated heterocycles. The monoisotopic (exact) mass is 437 g/mol. The van der Waals surface area contributed by atoms with E-state index in [0.29, 0.717) is 5.92 Å². The molecule has 0 bridgehead atoms. The molecular formula is C26H35N3O3. The van der Waals surface area contributed by atoms with Crippen LogP contribution in [0.1, 0.15) is 53.7 Å². The number of aryl methyl sites for hydroxylation is 2. The van der Waals surface area contributed by atoms with Crippen LogP contribution in [0.25, 0.3) is 0 Å². The summed E-state index contributed by atoms with van der Waals surface area (Å²) in [5.74, 6) is 0.257. The molecule has 2 heterocycles. The highest BCUT2D eigenvalue weighted by Crippen LogP contribution is 2.38. The molecule has 3 unspecified atom stereocenters. The van der Waals surface area contributed by atoms with Crippen LogP contribution in [0.4, 0.5) is 0 Å². The van der Waals surface area contributed by atoms with Crippen molar-refractivity contribution in [1.29, 1.82) is 0 Å². The zero-order chi connectivity index (χ0) is 22.7. The minimum Gasteiger partial charge on any atom is -0.468 e. The van der Waals surface area contributed by atoms with Gasteiger partial charge in [-0.1, -0.05) is 30.3 Å². The predicted molar refractivity (Wildman–Crippen MR) is 124 cm³/mol. The van der Waals surface area contributed by atoms with Gasteiger partial charge in [0.15, 0.2) is 0 Å². The highest BCUT2D eigenvalue weighted by molar-refractivity contribution is 5.76. The summed E-state index contributed by atoms with van der Waals surface area (Å²) in [4.78, 5) is 19.2. The third-order valence-corrected chi connectivity index (χ3v) is 7.40. The van der Waals surface area contributed by atoms with Crippen molar-refractivity contribution in [3.05, 3.63) is 65.0 Å². The van der Waals surface area contributed by atoms with Gasteiger partial charge in [0.2, 0.25) is 0 Å². The molecule has 1 aromatic heterocycles. The quantitative estimate of drug-likeness (QED) is 0.552. The Hall–Kier alpha value is -2.28. The molecule has 0 amide bonds. The normalized spacial score (nSPS) is 27.2. The molecule has 1 fully saturated rings. The second kappa shape index (κ2) is 10.1. The Labute approximate surface area is 190 Å². The van der Waals surface area contributed by atoms with Gasteiger partial charge in [-0.2, -0.15) is 0 Å². The van der Waals surface area contributed by atoms with Gasteiger partial charge < -0.3 is 20.5 Å². The zero-order valence-electron chi connectivity index (χ0n) is 19.1. The first-order valence-corrected chi connectivity index (χ1v) is 11.7. The number of methoxy groups -OCH3 is 1. The van der Waals surface area contributed by atoms with E-state index in [-0.39, 0.29) is 17.8 Å². The number of aliphatic hydroxyl groups is 1. The lowest BCUT2D eigenvalue weighted by atomic mass is 9.75. The fraction of sp³-hybridized carbons (Fsp3) is 0.538. The molecule has 172 valence electrons. The van der Waals surface area contributed by atoms with E-state index >= 15 is 0 Å². The van der Waals surface area contributed by atoms with E-state index < -0.39 is 12.1 Å². The average molecular weight is 438 g/mol. The Morgan fingerprint density at radius 3 is 2.88 bits per heavy atom. The number of nitrogens with zero attached hydrogens (tertiary/aromatic N) is 2. The van der Waals surface area contributed by atoms with Crippen LogP contribution >= 0.6 is 0 Å². The van der Waals surface area contributed by atoms with Crippen molar-refractivity contribution < 1.29 is 14.6 Å². The van der Waals surface area contributed by atoms with E-state index in [9.17, 15) is 9.90 Å². The summed E-state index contributed by atoms with van der Waals surface area (Å²) in [6.45, 7) is 4.74. The number of rotatable bonds is 5. The third-order valence-electron chi connectivity index (χ3n) is 7.40. The fourth-order valence-corrected chi connectivity index (χ4v) is 5.68. The van der Waals surface area contributed by atoms with Crippen molar-refractivity contribution in [3.8, 4) is 0 Å². The maximum Gasteiger partial charge on any atom is 0.322 e. The van der Waals surface area contributed by atoms with Crippen LogP contribution in [-0.2, 0) is 16.0 Å². The highest BCUT2D eigenvalue weighted by atomic mass is 16.5. The number of hydrogen-bond donors (Lipinski definition) is 2. The second-order valence-corrected chi connectivity index (χ2v) is 9.43. The van der Waals surface area contributed by atoms with E-state index in [1.54, 1.807) is 6.20 Å². The lowest BCUT2D eigenvalue weighted by Crippen LogP contribution is -2.51. The SMILES string of the molecule is COC(=O)C(N)C1CN(C[C@@H]2CCc3cccnc3[C@@H](O)C2)CCC1c1ccccc1C. The number of fused-ring (bicyclic) bond motifs is 1. The first-order chi connectivity index (χ1) is 15.5. The number of hydrogen-bond acceptors (Lipinski definition) is 6. The number of ether oxygens (including phenoxy) is 1. The Morgan fingerprint density at radius 2 is 2.09 bits per heavy atom. The van der Waals surface area contributed by atoms with Gasteiger partial charge in [-0.15, -0.1) is 0 Å². The van der Waals surface area contributed by atoms with Crippen molar-refractivity contribution in [2.45, 2.75) is 50.7 Å². The summed E-state index contributed by atoms with van der Waals surface area (Å²) >= 11 is 0. The molecule has 3 N–H and O–H groups in total. The Kier molecular flexibility index (Phi) is 7.23. The zero-order valence-corrected chi connectivity index (χ0v) is 19.1. The highest BCUT2D eigenvalue weighted by Gasteiger charge is 2.39. The number of carbonyl (C=O) groups is 1. The molecule has 5 atom stereocenters. The molecule has 2 aromatic rings. The van der Waals surface area contributed by atoms with Crippen molar-refractivity contribution >= 4 is 5.97 Å². The van der Waals surface area contributed by atoms with Gasteiger partial charge in [0.25, 0.3) is 0 Å². The van der Waals surface area contributed by atoms with Crippen LogP contribution in [0, 0.1) is 18.8 Å². The average Bonchev–Trinajstić information content (AvgIpc) is 2.97. The maximum atomic E-state index is 12.4. The van der Waals surface area contributed by atoms with Gasteiger partial charge in [0.05, 0.1) is 18.9 Å². The smallest absolute Gasteiger partial charge is 0.322 e. The molecule has 2 aliphatic rings. The first-order valence-electron chi connectivity index (χ1n) is 11.7. The number of benzene rings is 1. The number of piperidine rings is 1. The number of carbonyl (C=O) groups excluding carboxylic acids is 1. The van der Waals surface area contributed by atoms with E-state index in [2.05, 4.69) is 41.1 Å². The van der Waals surface area contributed by atoms with Crippen molar-refractivity contribution in [1.82, 2.24) is 9.88 Å². The lowest BCUT2D eigenvalue weighted by Gasteiger charge is -2.42. The predicted octanol–water partition coefficient (Wildman–Crippen LogP) is 2.98. The van der Waals surface area contributed by atoms with Crippen LogP contribution in [0.5, 0.6) is 0 Å². The molecule has 0 saturated carbocycles. The van der Waals surface area contributed by atoms with E-state index in [4.69, 9.17) is 10.5 Å². The topological polar surface area (TPSA) is 88.7 Å². The molecule has 1 aliphatic carbocycles. The number of nitrogens with two attached hydrogens (primary N) is 1. The Morgan fingerprint density at radius 1 is 1.28 bits per heavy atom. The molecule has 0 radical (unpaired) electrons. The van der Waals surface area contributed by atoms with Gasteiger partial charge in [0.1, 0.15) is 6.04 Å². The van der Waals surface area contributed by atoms with E-state index in [1.807, 2.05) is 12.1 Å². The lowest BCUT2D eigenvalue weighted by molar-refractivity contribution is -0.144. The first kappa shape index (κ1) is 22.9. The minimum absolute atomic E-state index is 0.00753. The summed E-state index contributed by atoms with van der Waals surface area (Å²) in [5, 5.41) is 10.7. The van der Waals surface area contributed by atoms with Crippen LogP contribution in [0.2, 0.25) is 0 Å².